The van der Waals surface area contributed by atoms with Crippen LogP contribution in [0.3, 0.4) is 0 Å². The smallest absolute Gasteiger partial charge is 0.320 e. The highest BCUT2D eigenvalue weighted by Gasteiger charge is 2.14. The summed E-state index contributed by atoms with van der Waals surface area (Å²) in [6.45, 7) is 1.99. The van der Waals surface area contributed by atoms with Gasteiger partial charge in [-0.2, -0.15) is 0 Å². The molecule has 1 unspecified atom stereocenters. The first-order valence-corrected chi connectivity index (χ1v) is 4.08. The highest BCUT2D eigenvalue weighted by Crippen LogP contribution is 1.99. The van der Waals surface area contributed by atoms with Gasteiger partial charge in [0.1, 0.15) is 12.2 Å². The van der Waals surface area contributed by atoms with Crippen LogP contribution in [0.15, 0.2) is 12.3 Å². The Bertz CT molecular complexity index is 199. The Morgan fingerprint density at radius 2 is 2.15 bits per heavy atom. The Labute approximate surface area is 78.2 Å². The molecule has 13 heavy (non-hydrogen) atoms. The maximum atomic E-state index is 11.1. The van der Waals surface area contributed by atoms with E-state index in [2.05, 4.69) is 4.74 Å². The van der Waals surface area contributed by atoms with Crippen LogP contribution in [0, 0.1) is 5.92 Å². The van der Waals surface area contributed by atoms with Gasteiger partial charge in [-0.3, -0.25) is 4.79 Å². The third kappa shape index (κ3) is 5.00. The molecule has 0 heterocycles. The SMILES string of the molecule is CCOC(=O)C(C=O)C=CN(C)C. The molecule has 4 heteroatoms. The molecule has 74 valence electrons. The van der Waals surface area contributed by atoms with E-state index in [1.54, 1.807) is 18.0 Å². The van der Waals surface area contributed by atoms with E-state index in [1.165, 1.54) is 6.08 Å². The second-order valence-electron chi connectivity index (χ2n) is 2.72. The monoisotopic (exact) mass is 185 g/mol. The van der Waals surface area contributed by atoms with Crippen LogP contribution >= 0.6 is 0 Å². The summed E-state index contributed by atoms with van der Waals surface area (Å²) in [4.78, 5) is 23.3. The fourth-order valence-corrected chi connectivity index (χ4v) is 0.683. The Morgan fingerprint density at radius 1 is 1.54 bits per heavy atom. The van der Waals surface area contributed by atoms with Gasteiger partial charge in [-0.25, -0.2) is 0 Å². The first-order chi connectivity index (χ1) is 6.11. The molecule has 0 aliphatic rings. The molecule has 0 saturated heterocycles. The van der Waals surface area contributed by atoms with Gasteiger partial charge in [0.05, 0.1) is 6.61 Å². The molecular formula is C9H15NO3. The van der Waals surface area contributed by atoms with E-state index in [0.29, 0.717) is 12.9 Å². The van der Waals surface area contributed by atoms with E-state index in [1.807, 2.05) is 14.1 Å². The molecule has 0 aliphatic carbocycles. The number of hydrogen-bond donors (Lipinski definition) is 0. The minimum absolute atomic E-state index is 0.291. The minimum atomic E-state index is -0.789. The largest absolute Gasteiger partial charge is 0.465 e. The van der Waals surface area contributed by atoms with Gasteiger partial charge in [0.2, 0.25) is 0 Å². The highest BCUT2D eigenvalue weighted by atomic mass is 16.5. The molecule has 0 fully saturated rings. The highest BCUT2D eigenvalue weighted by molar-refractivity contribution is 5.89. The van der Waals surface area contributed by atoms with Crippen LogP contribution in [-0.2, 0) is 14.3 Å². The quantitative estimate of drug-likeness (QED) is 0.354. The molecule has 0 aromatic rings. The Kier molecular flexibility index (Phi) is 5.59. The number of esters is 1. The summed E-state index contributed by atoms with van der Waals surface area (Å²) < 4.78 is 4.69. The van der Waals surface area contributed by atoms with E-state index >= 15 is 0 Å². The fourth-order valence-electron chi connectivity index (χ4n) is 0.683. The van der Waals surface area contributed by atoms with Crippen molar-refractivity contribution in [3.05, 3.63) is 12.3 Å². The van der Waals surface area contributed by atoms with Crippen molar-refractivity contribution in [2.24, 2.45) is 5.92 Å². The van der Waals surface area contributed by atoms with E-state index in [9.17, 15) is 9.59 Å². The lowest BCUT2D eigenvalue weighted by atomic mass is 10.2. The van der Waals surface area contributed by atoms with Gasteiger partial charge in [0.15, 0.2) is 0 Å². The summed E-state index contributed by atoms with van der Waals surface area (Å²) in [5.41, 5.74) is 0. The van der Waals surface area contributed by atoms with Crippen molar-refractivity contribution < 1.29 is 14.3 Å². The molecule has 0 saturated carbocycles. The second kappa shape index (κ2) is 6.22. The zero-order chi connectivity index (χ0) is 10.3. The van der Waals surface area contributed by atoms with Crippen LogP contribution in [0.5, 0.6) is 0 Å². The Balaban J connectivity index is 4.17. The van der Waals surface area contributed by atoms with Gasteiger partial charge in [0.25, 0.3) is 0 Å². The molecule has 0 aliphatic heterocycles. The first kappa shape index (κ1) is 11.7. The molecule has 0 spiro atoms. The number of nitrogens with zero attached hydrogens (tertiary/aromatic N) is 1. The fraction of sp³-hybridized carbons (Fsp3) is 0.556. The topological polar surface area (TPSA) is 46.6 Å². The lowest BCUT2D eigenvalue weighted by Gasteiger charge is -2.07. The summed E-state index contributed by atoms with van der Waals surface area (Å²) in [6.07, 6.45) is 3.72. The zero-order valence-electron chi connectivity index (χ0n) is 8.19. The summed E-state index contributed by atoms with van der Waals surface area (Å²) in [5.74, 6) is -1.29. The number of aldehydes is 1. The van der Waals surface area contributed by atoms with E-state index in [-0.39, 0.29) is 0 Å². The number of hydrogen-bond acceptors (Lipinski definition) is 4. The number of carbonyl (C=O) groups excluding carboxylic acids is 2. The van der Waals surface area contributed by atoms with Crippen LogP contribution in [0.1, 0.15) is 6.92 Å². The van der Waals surface area contributed by atoms with Crippen molar-refractivity contribution in [2.75, 3.05) is 20.7 Å². The van der Waals surface area contributed by atoms with Crippen molar-refractivity contribution in [3.63, 3.8) is 0 Å². The van der Waals surface area contributed by atoms with E-state index in [4.69, 9.17) is 0 Å². The van der Waals surface area contributed by atoms with E-state index < -0.39 is 11.9 Å². The maximum Gasteiger partial charge on any atom is 0.320 e. The summed E-state index contributed by atoms with van der Waals surface area (Å²) >= 11 is 0. The second-order valence-corrected chi connectivity index (χ2v) is 2.72. The van der Waals surface area contributed by atoms with Crippen LogP contribution in [-0.4, -0.2) is 37.9 Å². The standard InChI is InChI=1S/C9H15NO3/c1-4-13-9(12)8(7-11)5-6-10(2)3/h5-8H,4H2,1-3H3. The molecule has 0 rings (SSSR count). The summed E-state index contributed by atoms with van der Waals surface area (Å²) in [7, 11) is 3.62. The molecule has 0 aromatic carbocycles. The molecule has 0 amide bonds. The maximum absolute atomic E-state index is 11.1. The van der Waals surface area contributed by atoms with Gasteiger partial charge >= 0.3 is 5.97 Å². The van der Waals surface area contributed by atoms with Crippen molar-refractivity contribution in [2.45, 2.75) is 6.92 Å². The van der Waals surface area contributed by atoms with E-state index in [0.717, 1.165) is 0 Å². The molecule has 0 radical (unpaired) electrons. The number of carbonyl (C=O) groups is 2. The van der Waals surface area contributed by atoms with Crippen LogP contribution in [0.2, 0.25) is 0 Å². The Hall–Kier alpha value is -1.32. The number of ether oxygens (including phenoxy) is 1. The third-order valence-electron chi connectivity index (χ3n) is 1.30. The summed E-state index contributed by atoms with van der Waals surface area (Å²) in [6, 6.07) is 0. The third-order valence-corrected chi connectivity index (χ3v) is 1.30. The van der Waals surface area contributed by atoms with Gasteiger partial charge in [-0.15, -0.1) is 0 Å². The van der Waals surface area contributed by atoms with Crippen LogP contribution < -0.4 is 0 Å². The predicted molar refractivity (Wildman–Crippen MR) is 49.0 cm³/mol. The predicted octanol–water partition coefficient (Wildman–Crippen LogP) is 0.440. The van der Waals surface area contributed by atoms with Crippen LogP contribution in [0.4, 0.5) is 0 Å². The zero-order valence-corrected chi connectivity index (χ0v) is 8.19. The number of rotatable bonds is 5. The molecular weight excluding hydrogens is 170 g/mol. The molecule has 0 bridgehead atoms. The Morgan fingerprint density at radius 3 is 2.54 bits per heavy atom. The minimum Gasteiger partial charge on any atom is -0.465 e. The van der Waals surface area contributed by atoms with Crippen LogP contribution in [0.25, 0.3) is 0 Å². The van der Waals surface area contributed by atoms with Crippen molar-refractivity contribution in [1.82, 2.24) is 4.90 Å². The van der Waals surface area contributed by atoms with Crippen molar-refractivity contribution in [1.29, 1.82) is 0 Å². The lowest BCUT2D eigenvalue weighted by molar-refractivity contribution is -0.147. The van der Waals surface area contributed by atoms with Gasteiger partial charge in [-0.05, 0) is 19.2 Å². The summed E-state index contributed by atoms with van der Waals surface area (Å²) in [5, 5.41) is 0. The van der Waals surface area contributed by atoms with Gasteiger partial charge in [-0.1, -0.05) is 0 Å². The lowest BCUT2D eigenvalue weighted by Crippen LogP contribution is -2.17. The normalized spacial score (nSPS) is 12.5. The molecule has 4 nitrogen and oxygen atoms in total. The molecule has 0 N–H and O–H groups in total. The average molecular weight is 185 g/mol. The van der Waals surface area contributed by atoms with Gasteiger partial charge < -0.3 is 14.4 Å². The van der Waals surface area contributed by atoms with Crippen molar-refractivity contribution >= 4 is 12.3 Å². The van der Waals surface area contributed by atoms with Crippen molar-refractivity contribution in [3.8, 4) is 0 Å². The van der Waals surface area contributed by atoms with Gasteiger partial charge in [0, 0.05) is 14.1 Å². The molecule has 1 atom stereocenters. The average Bonchev–Trinajstić information content (AvgIpc) is 2.05. The first-order valence-electron chi connectivity index (χ1n) is 4.08. The molecule has 0 aromatic heterocycles.